The van der Waals surface area contributed by atoms with Crippen LogP contribution in [0.5, 0.6) is 11.5 Å². The molecule has 2 aromatic rings. The normalized spacial score (nSPS) is 17.8. The number of hydrogen-bond acceptors (Lipinski definition) is 21. The van der Waals surface area contributed by atoms with Crippen molar-refractivity contribution in [2.45, 2.75) is 255 Å². The zero-order valence-electron chi connectivity index (χ0n) is 68.3. The molecular formula is C78H121N21O20. The van der Waals surface area contributed by atoms with E-state index >= 15 is 9.59 Å². The summed E-state index contributed by atoms with van der Waals surface area (Å²) in [5.74, 6) is -16.7. The van der Waals surface area contributed by atoms with Gasteiger partial charge in [0.15, 0.2) is 11.9 Å². The third-order valence-electron chi connectivity index (χ3n) is 20.5. The molecule has 0 bridgehead atoms. The molecule has 3 fully saturated rings. The Balaban J connectivity index is 1.41. The van der Waals surface area contributed by atoms with Gasteiger partial charge in [-0.3, -0.25) is 81.9 Å². The number of nitrogens with two attached hydrogens (primary N) is 6. The van der Waals surface area contributed by atoms with Crippen molar-refractivity contribution >= 4 is 107 Å². The van der Waals surface area contributed by atoms with Gasteiger partial charge in [0.25, 0.3) is 0 Å². The van der Waals surface area contributed by atoms with Crippen LogP contribution in [0.1, 0.15) is 175 Å². The van der Waals surface area contributed by atoms with Gasteiger partial charge < -0.3 is 123 Å². The number of carboxylic acids is 2. The molecule has 3 aliphatic rings. The van der Waals surface area contributed by atoms with Gasteiger partial charge in [-0.15, -0.1) is 0 Å². The second-order valence-electron chi connectivity index (χ2n) is 31.1. The number of carbonyl (C=O) groups is 16. The molecule has 0 saturated carbocycles. The van der Waals surface area contributed by atoms with Crippen LogP contribution in [0.4, 0.5) is 0 Å². The number of benzene rings is 2. The Morgan fingerprint density at radius 2 is 0.882 bits per heavy atom. The van der Waals surface area contributed by atoms with Gasteiger partial charge in [-0.1, -0.05) is 72.2 Å². The summed E-state index contributed by atoms with van der Waals surface area (Å²) in [6.07, 6.45) is -1.46. The smallest absolute Gasteiger partial charge is 0.326 e. The number of aliphatic carboxylic acids is 2. The number of guanidine groups is 2. The van der Waals surface area contributed by atoms with Crippen LogP contribution in [0.25, 0.3) is 0 Å². The highest BCUT2D eigenvalue weighted by Crippen LogP contribution is 2.25. The lowest BCUT2D eigenvalue weighted by Crippen LogP contribution is -2.61. The van der Waals surface area contributed by atoms with Crippen LogP contribution >= 0.6 is 0 Å². The van der Waals surface area contributed by atoms with E-state index in [9.17, 15) is 87.5 Å². The molecular weight excluding hydrogens is 1550 g/mol. The van der Waals surface area contributed by atoms with Gasteiger partial charge in [-0.2, -0.15) is 0 Å². The SMILES string of the molecule is CC[C@@H](C)[C@@H](NC(=O)[C@H](Cc1ccc(O)cc1)NC(=O)[C@H]1CCCN1C(=O)[C@H](CCCN=C(N)N)NC(=O)[C@H](CCCN=C(N)N)NC(=O)[C@H]1CCCN1C(=O)[C@H](CCCCN)NC(=O)[C@H](CC(N)=O)NC(=O)[C@H](CCC(=O)O)NC(=O)[C@@H](Cc1ccc(O)cc1)NC(=O)[C@H](CC(C)C)NC(=O)[C@H]1CCC(=O)N1)C(=O)N[C@@H](CC(C)C)C(=O)O. The zero-order valence-corrected chi connectivity index (χ0v) is 68.3. The largest absolute Gasteiger partial charge is 0.508 e. The van der Waals surface area contributed by atoms with Gasteiger partial charge >= 0.3 is 11.9 Å². The molecule has 41 heteroatoms. The molecule has 2 aromatic carbocycles. The third kappa shape index (κ3) is 32.8. The number of aromatic hydroxyl groups is 2. The highest BCUT2D eigenvalue weighted by atomic mass is 16.4. The second kappa shape index (κ2) is 48.7. The average Bonchev–Trinajstić information content (AvgIpc) is 1.76. The fourth-order valence-corrected chi connectivity index (χ4v) is 14.0. The van der Waals surface area contributed by atoms with Crippen LogP contribution < -0.4 is 92.9 Å². The Labute approximate surface area is 690 Å². The van der Waals surface area contributed by atoms with Crippen LogP contribution in [-0.4, -0.2) is 248 Å². The number of hydrogen-bond donors (Lipinski definition) is 21. The van der Waals surface area contributed by atoms with E-state index in [2.05, 4.69) is 68.5 Å². The number of carboxylic acid groups (broad SMARTS) is 2. The van der Waals surface area contributed by atoms with Crippen molar-refractivity contribution in [1.82, 2.24) is 68.3 Å². The van der Waals surface area contributed by atoms with E-state index in [0.29, 0.717) is 24.0 Å². The summed E-state index contributed by atoms with van der Waals surface area (Å²) in [6, 6.07) is -7.40. The second-order valence-corrected chi connectivity index (χ2v) is 31.1. The third-order valence-corrected chi connectivity index (χ3v) is 20.5. The number of phenolic OH excluding ortho intramolecular Hbond substituents is 2. The lowest BCUT2D eigenvalue weighted by molar-refractivity contribution is -0.144. The van der Waals surface area contributed by atoms with Crippen molar-refractivity contribution in [3.8, 4) is 11.5 Å². The maximum Gasteiger partial charge on any atom is 0.326 e. The molecule has 658 valence electrons. The Morgan fingerprint density at radius 3 is 1.34 bits per heavy atom. The van der Waals surface area contributed by atoms with Crippen molar-refractivity contribution in [2.24, 2.45) is 62.1 Å². The minimum Gasteiger partial charge on any atom is -0.508 e. The van der Waals surface area contributed by atoms with E-state index in [0.717, 1.165) is 4.90 Å². The van der Waals surface area contributed by atoms with Gasteiger partial charge in [0.2, 0.25) is 82.7 Å². The molecule has 14 amide bonds. The van der Waals surface area contributed by atoms with Crippen LogP contribution in [0.3, 0.4) is 0 Å². The summed E-state index contributed by atoms with van der Waals surface area (Å²) < 4.78 is 0. The minimum atomic E-state index is -1.93. The van der Waals surface area contributed by atoms with Gasteiger partial charge in [-0.05, 0) is 156 Å². The number of amides is 14. The maximum absolute atomic E-state index is 15.1. The fraction of sp³-hybridized carbons (Fsp3) is 0.615. The van der Waals surface area contributed by atoms with Crippen LogP contribution in [0.2, 0.25) is 0 Å². The summed E-state index contributed by atoms with van der Waals surface area (Å²) >= 11 is 0. The first-order valence-corrected chi connectivity index (χ1v) is 40.3. The maximum atomic E-state index is 15.1. The van der Waals surface area contributed by atoms with Crippen molar-refractivity contribution in [3.05, 3.63) is 59.7 Å². The molecule has 3 heterocycles. The van der Waals surface area contributed by atoms with Crippen molar-refractivity contribution in [3.63, 3.8) is 0 Å². The molecule has 0 unspecified atom stereocenters. The first kappa shape index (κ1) is 97.6. The topological polar surface area (TPSA) is 674 Å². The van der Waals surface area contributed by atoms with E-state index in [-0.39, 0.29) is 177 Å². The average molecular weight is 1670 g/mol. The quantitative estimate of drug-likeness (QED) is 0.0172. The van der Waals surface area contributed by atoms with Crippen molar-refractivity contribution in [2.75, 3.05) is 32.7 Å². The molecule has 119 heavy (non-hydrogen) atoms. The number of primary amides is 1. The molecule has 41 nitrogen and oxygen atoms in total. The fourth-order valence-electron chi connectivity index (χ4n) is 14.0. The van der Waals surface area contributed by atoms with Gasteiger partial charge in [0, 0.05) is 51.9 Å². The Bertz CT molecular complexity index is 3910. The summed E-state index contributed by atoms with van der Waals surface area (Å²) in [4.78, 5) is 234. The van der Waals surface area contributed by atoms with Crippen molar-refractivity contribution in [1.29, 1.82) is 0 Å². The highest BCUT2D eigenvalue weighted by molar-refractivity contribution is 6.01. The molecule has 14 atom stereocenters. The van der Waals surface area contributed by atoms with Gasteiger partial charge in [0.05, 0.1) is 6.42 Å². The summed E-state index contributed by atoms with van der Waals surface area (Å²) in [5, 5.41) is 68.7. The van der Waals surface area contributed by atoms with Gasteiger partial charge in [0.1, 0.15) is 90.0 Å². The molecule has 27 N–H and O–H groups in total. The van der Waals surface area contributed by atoms with Crippen LogP contribution in [-0.2, 0) is 89.6 Å². The van der Waals surface area contributed by atoms with E-state index in [1.54, 1.807) is 41.5 Å². The Kier molecular flexibility index (Phi) is 39.9. The van der Waals surface area contributed by atoms with Crippen LogP contribution in [0, 0.1) is 17.8 Å². The van der Waals surface area contributed by atoms with Crippen molar-refractivity contribution < 1.29 is 97.1 Å². The zero-order chi connectivity index (χ0) is 88.3. The molecule has 3 aliphatic heterocycles. The van der Waals surface area contributed by atoms with E-state index in [1.807, 2.05) is 0 Å². The van der Waals surface area contributed by atoms with E-state index in [1.165, 1.54) is 53.4 Å². The highest BCUT2D eigenvalue weighted by Gasteiger charge is 2.44. The first-order valence-electron chi connectivity index (χ1n) is 40.3. The molecule has 0 aliphatic carbocycles. The lowest BCUT2D eigenvalue weighted by Gasteiger charge is -2.32. The molecule has 0 aromatic heterocycles. The number of unbranched alkanes of at least 4 members (excludes halogenated alkanes) is 1. The predicted molar refractivity (Wildman–Crippen MR) is 433 cm³/mol. The van der Waals surface area contributed by atoms with Crippen LogP contribution in [0.15, 0.2) is 58.5 Å². The number of nitrogens with zero attached hydrogens (tertiary/aromatic N) is 4. The summed E-state index contributed by atoms with van der Waals surface area (Å²) in [5.41, 5.74) is 34.9. The molecule has 5 rings (SSSR count). The van der Waals surface area contributed by atoms with E-state index in [4.69, 9.17) is 34.4 Å². The lowest BCUT2D eigenvalue weighted by atomic mass is 9.96. The predicted octanol–water partition coefficient (Wildman–Crippen LogP) is -3.81. The summed E-state index contributed by atoms with van der Waals surface area (Å²) in [7, 11) is 0. The molecule has 0 spiro atoms. The number of nitrogens with one attached hydrogen (secondary N) is 11. The van der Waals surface area contributed by atoms with E-state index < -0.39 is 192 Å². The number of likely N-dealkylation sites (tertiary alicyclic amines) is 2. The number of phenols is 2. The van der Waals surface area contributed by atoms with Gasteiger partial charge in [-0.25, -0.2) is 4.79 Å². The Hall–Kier alpha value is -11.9. The molecule has 0 radical (unpaired) electrons. The molecule has 3 saturated heterocycles. The standard InChI is InChI=1S/C78H121N21O20/c1-7-43(6)63(73(115)96-57(76(118)119)37-42(4)5)97-70(112)55(39-45-21-25-47(101)26-22-45)95-72(114)59-18-13-35-99(59)75(117)52(16-11-33-86-78(83)84)90-64(106)48(15-10-32-85-77(81)82)89-71(113)58-17-12-34-98(58)74(116)51(14-8-9-31-79)91-69(111)56(40-60(80)102)94-66(108)50(28-30-62(104)105)88-68(110)54(38-44-19-23-46(100)24-20-44)93-67(109)53(36-41(2)3)92-65(107)49-27-29-61(103)87-49/h19-26,41-43,48-59,63,100-101H,7-18,27-40,79H2,1-6H3,(H2,80,102)(H,87,103)(H,88,110)(H,89,113)(H,90,106)(H,91,111)(H,92,107)(H,93,109)(H,94,108)(H,95,114)(H,96,115)(H,97,112)(H,104,105)(H,118,119)(H4,81,82,85)(H4,83,84,86)/t43-,48+,49-,50+,51+,52+,53+,54-,55+,56+,57+,58-,59-,63-/m1/s1. The first-order chi connectivity index (χ1) is 56.3. The number of rotatable bonds is 50. The minimum absolute atomic E-state index is 0.00423. The number of aliphatic imine (C=N–C) groups is 2. The Morgan fingerprint density at radius 1 is 0.479 bits per heavy atom. The summed E-state index contributed by atoms with van der Waals surface area (Å²) in [6.45, 7) is 10.5. The monoisotopic (exact) mass is 1670 g/mol. The number of carbonyl (C=O) groups excluding carboxylic acids is 14.